The molecule has 0 amide bonds. The molecule has 636 valence electrons. The maximum absolute atomic E-state index is 13.2. The van der Waals surface area contributed by atoms with Crippen molar-refractivity contribution >= 4 is 39.5 Å². The van der Waals surface area contributed by atoms with Crippen LogP contribution in [0.2, 0.25) is 0 Å². The van der Waals surface area contributed by atoms with Crippen LogP contribution in [0.15, 0.2) is 0 Å². The van der Waals surface area contributed by atoms with Crippen molar-refractivity contribution in [2.45, 2.75) is 478 Å². The van der Waals surface area contributed by atoms with Crippen molar-refractivity contribution in [1.29, 1.82) is 0 Å². The van der Waals surface area contributed by atoms with Gasteiger partial charge in [0.15, 0.2) is 12.2 Å². The van der Waals surface area contributed by atoms with Gasteiger partial charge in [0.05, 0.1) is 26.4 Å². The number of rotatable bonds is 85. The highest BCUT2D eigenvalue weighted by molar-refractivity contribution is 7.47. The predicted octanol–water partition coefficient (Wildman–Crippen LogP) is 26.7. The van der Waals surface area contributed by atoms with E-state index < -0.39 is 97.5 Å². The van der Waals surface area contributed by atoms with Gasteiger partial charge in [0, 0.05) is 25.7 Å². The third-order valence-electron chi connectivity index (χ3n) is 20.9. The second kappa shape index (κ2) is 76.7. The first-order valence-electron chi connectivity index (χ1n) is 45.2. The van der Waals surface area contributed by atoms with Crippen LogP contribution in [0.5, 0.6) is 0 Å². The lowest BCUT2D eigenvalue weighted by molar-refractivity contribution is -0.161. The Morgan fingerprint density at radius 1 is 0.262 bits per heavy atom. The van der Waals surface area contributed by atoms with E-state index in [1.54, 1.807) is 0 Å². The molecule has 0 heterocycles. The summed E-state index contributed by atoms with van der Waals surface area (Å²) in [4.78, 5) is 73.2. The smallest absolute Gasteiger partial charge is 0.462 e. The molecule has 0 bridgehead atoms. The standard InChI is InChI=1S/C88H172O17P2/c1-9-81(8)67-59-51-42-36-30-24-18-12-10-11-13-19-26-32-38-44-54-62-70-87(92)104-83(74-98-85(90)68-60-52-43-37-31-25-20-14-16-22-28-34-40-48-56-64-78(2)3)76-102-106(94,95)100-72-82(89)73-101-107(96,97)103-77-84(75-99-86(91)69-61-53-47-46-50-58-66-80(6)7)105-88(93)71-63-55-45-39-33-27-21-15-17-23-29-35-41-49-57-65-79(4)5/h78-84,89H,9-77H2,1-8H3,(H,94,95)(H,96,97)/t81?,82?,83-,84-/m1/s1. The molecular formula is C88H172O17P2. The number of unbranched alkanes of at least 4 members (excludes halogenated alkanes) is 50. The highest BCUT2D eigenvalue weighted by Crippen LogP contribution is 2.45. The number of esters is 4. The van der Waals surface area contributed by atoms with Crippen LogP contribution in [0.25, 0.3) is 0 Å². The van der Waals surface area contributed by atoms with Crippen LogP contribution in [-0.2, 0) is 65.4 Å². The Balaban J connectivity index is 5.21. The van der Waals surface area contributed by atoms with E-state index in [1.807, 2.05) is 0 Å². The Morgan fingerprint density at radius 3 is 0.664 bits per heavy atom. The summed E-state index contributed by atoms with van der Waals surface area (Å²) < 4.78 is 68.9. The number of phosphoric ester groups is 2. The molecule has 0 aromatic rings. The van der Waals surface area contributed by atoms with Crippen molar-refractivity contribution in [1.82, 2.24) is 0 Å². The molecule has 0 aromatic carbocycles. The fraction of sp³-hybridized carbons (Fsp3) is 0.955. The molecule has 17 nitrogen and oxygen atoms in total. The van der Waals surface area contributed by atoms with Crippen LogP contribution in [0.4, 0.5) is 0 Å². The molecule has 0 fully saturated rings. The Hall–Kier alpha value is -1.94. The largest absolute Gasteiger partial charge is 0.472 e. The number of hydrogen-bond acceptors (Lipinski definition) is 15. The van der Waals surface area contributed by atoms with Crippen molar-refractivity contribution in [3.05, 3.63) is 0 Å². The lowest BCUT2D eigenvalue weighted by Gasteiger charge is -2.21. The summed E-state index contributed by atoms with van der Waals surface area (Å²) in [6, 6.07) is 0. The maximum Gasteiger partial charge on any atom is 0.472 e. The fourth-order valence-corrected chi connectivity index (χ4v) is 15.2. The molecule has 0 saturated carbocycles. The molecule has 0 aliphatic carbocycles. The molecule has 19 heteroatoms. The number of carbonyl (C=O) groups excluding carboxylic acids is 4. The van der Waals surface area contributed by atoms with E-state index in [0.717, 1.165) is 114 Å². The number of hydrogen-bond donors (Lipinski definition) is 3. The van der Waals surface area contributed by atoms with Crippen LogP contribution in [0, 0.1) is 23.7 Å². The number of phosphoric acid groups is 2. The second-order valence-electron chi connectivity index (χ2n) is 33.3. The van der Waals surface area contributed by atoms with Gasteiger partial charge in [-0.3, -0.25) is 37.3 Å². The predicted molar refractivity (Wildman–Crippen MR) is 441 cm³/mol. The number of carbonyl (C=O) groups is 4. The van der Waals surface area contributed by atoms with Crippen molar-refractivity contribution in [3.8, 4) is 0 Å². The minimum atomic E-state index is -4.97. The highest BCUT2D eigenvalue weighted by atomic mass is 31.2. The molecule has 0 saturated heterocycles. The Bertz CT molecular complexity index is 2080. The van der Waals surface area contributed by atoms with Gasteiger partial charge >= 0.3 is 39.5 Å². The van der Waals surface area contributed by atoms with Gasteiger partial charge in [-0.1, -0.05) is 409 Å². The van der Waals surface area contributed by atoms with Crippen LogP contribution < -0.4 is 0 Å². The lowest BCUT2D eigenvalue weighted by Crippen LogP contribution is -2.30. The zero-order chi connectivity index (χ0) is 78.8. The van der Waals surface area contributed by atoms with Gasteiger partial charge in [-0.15, -0.1) is 0 Å². The van der Waals surface area contributed by atoms with Crippen LogP contribution in [0.3, 0.4) is 0 Å². The number of aliphatic hydroxyl groups excluding tert-OH is 1. The third-order valence-corrected chi connectivity index (χ3v) is 22.8. The highest BCUT2D eigenvalue weighted by Gasteiger charge is 2.31. The Labute approximate surface area is 658 Å². The average molecular weight is 1560 g/mol. The summed E-state index contributed by atoms with van der Waals surface area (Å²) in [6.07, 6.45) is 66.8. The van der Waals surface area contributed by atoms with Crippen LogP contribution >= 0.6 is 15.6 Å². The summed E-state index contributed by atoms with van der Waals surface area (Å²) in [5, 5.41) is 10.7. The summed E-state index contributed by atoms with van der Waals surface area (Å²) in [5.41, 5.74) is 0. The SMILES string of the molecule is CCC(C)CCCCCCCCCCCCCCCCCCCCC(=O)O[C@H](COC(=O)CCCCCCCCCCCCCCCCCC(C)C)COP(=O)(O)OCC(O)COP(=O)(O)OC[C@@H](COC(=O)CCCCCCCCC(C)C)OC(=O)CCCCCCCCCCCCCCCCCC(C)C. The van der Waals surface area contributed by atoms with E-state index in [1.165, 1.54) is 257 Å². The normalized spacial score (nSPS) is 14.1. The van der Waals surface area contributed by atoms with Gasteiger partial charge < -0.3 is 33.8 Å². The zero-order valence-corrected chi connectivity index (χ0v) is 72.6. The van der Waals surface area contributed by atoms with E-state index in [2.05, 4.69) is 55.4 Å². The van der Waals surface area contributed by atoms with E-state index in [-0.39, 0.29) is 25.7 Å². The number of aliphatic hydroxyl groups is 1. The molecule has 107 heavy (non-hydrogen) atoms. The number of ether oxygens (including phenoxy) is 4. The van der Waals surface area contributed by atoms with Gasteiger partial charge in [0.25, 0.3) is 0 Å². The monoisotopic (exact) mass is 1560 g/mol. The summed E-state index contributed by atoms with van der Waals surface area (Å²) in [5.74, 6) is 1.05. The zero-order valence-electron chi connectivity index (χ0n) is 70.8. The minimum Gasteiger partial charge on any atom is -0.462 e. The van der Waals surface area contributed by atoms with Gasteiger partial charge in [0.2, 0.25) is 0 Å². The van der Waals surface area contributed by atoms with E-state index in [9.17, 15) is 43.2 Å². The molecular weight excluding hydrogens is 1390 g/mol. The summed E-state index contributed by atoms with van der Waals surface area (Å²) in [7, 11) is -9.93. The molecule has 0 radical (unpaired) electrons. The van der Waals surface area contributed by atoms with Crippen molar-refractivity contribution in [2.75, 3.05) is 39.6 Å². The first-order chi connectivity index (χ1) is 51.6. The molecule has 6 atom stereocenters. The third kappa shape index (κ3) is 80.5. The first kappa shape index (κ1) is 105. The molecule has 0 aliphatic heterocycles. The van der Waals surface area contributed by atoms with E-state index in [0.29, 0.717) is 31.6 Å². The molecule has 0 aromatic heterocycles. The minimum absolute atomic E-state index is 0.107. The Morgan fingerprint density at radius 2 is 0.449 bits per heavy atom. The quantitative estimate of drug-likeness (QED) is 0.0222. The van der Waals surface area contributed by atoms with E-state index >= 15 is 0 Å². The summed E-state index contributed by atoms with van der Waals surface area (Å²) in [6.45, 7) is 14.3. The molecule has 4 unspecified atom stereocenters. The topological polar surface area (TPSA) is 237 Å². The van der Waals surface area contributed by atoms with E-state index in [4.69, 9.17) is 37.0 Å². The summed E-state index contributed by atoms with van der Waals surface area (Å²) >= 11 is 0. The molecule has 0 rings (SSSR count). The molecule has 0 aliphatic rings. The van der Waals surface area contributed by atoms with Gasteiger partial charge in [-0.05, 0) is 49.4 Å². The van der Waals surface area contributed by atoms with Crippen molar-refractivity contribution in [2.24, 2.45) is 23.7 Å². The Kier molecular flexibility index (Phi) is 75.3. The fourth-order valence-electron chi connectivity index (χ4n) is 13.6. The molecule has 0 spiro atoms. The van der Waals surface area contributed by atoms with Crippen molar-refractivity contribution < 1.29 is 80.2 Å². The van der Waals surface area contributed by atoms with Gasteiger partial charge in [0.1, 0.15) is 19.3 Å². The van der Waals surface area contributed by atoms with Gasteiger partial charge in [-0.2, -0.15) is 0 Å². The van der Waals surface area contributed by atoms with Crippen LogP contribution in [-0.4, -0.2) is 96.7 Å². The van der Waals surface area contributed by atoms with Gasteiger partial charge in [-0.25, -0.2) is 9.13 Å². The average Bonchev–Trinajstić information content (AvgIpc) is 0.900. The molecule has 3 N–H and O–H groups in total. The second-order valence-corrected chi connectivity index (χ2v) is 36.2. The van der Waals surface area contributed by atoms with Crippen LogP contribution in [0.1, 0.15) is 460 Å². The first-order valence-corrected chi connectivity index (χ1v) is 48.2. The lowest BCUT2D eigenvalue weighted by atomic mass is 9.99. The van der Waals surface area contributed by atoms with Crippen molar-refractivity contribution in [3.63, 3.8) is 0 Å². The maximum atomic E-state index is 13.2.